The highest BCUT2D eigenvalue weighted by Gasteiger charge is 2.33. The molecular weight excluding hydrogens is 344 g/mol. The average Bonchev–Trinajstić information content (AvgIpc) is 2.59. The number of benzene rings is 1. The van der Waals surface area contributed by atoms with E-state index in [-0.39, 0.29) is 24.3 Å². The van der Waals surface area contributed by atoms with E-state index in [2.05, 4.69) is 5.32 Å². The van der Waals surface area contributed by atoms with Gasteiger partial charge in [0.15, 0.2) is 0 Å². The van der Waals surface area contributed by atoms with Gasteiger partial charge < -0.3 is 15.3 Å². The maximum Gasteiger partial charge on any atom is 0.308 e. The Balaban J connectivity index is 2.08. The Labute approximate surface area is 152 Å². The predicted molar refractivity (Wildman–Crippen MR) is 94.5 cm³/mol. The van der Waals surface area contributed by atoms with Crippen LogP contribution in [0.4, 0.5) is 0 Å². The highest BCUT2D eigenvalue weighted by atomic mass is 35.5. The molecule has 0 spiro atoms. The molecule has 1 unspecified atom stereocenters. The third kappa shape index (κ3) is 4.95. The Hall–Kier alpha value is -2.08. The molecule has 1 fully saturated rings. The largest absolute Gasteiger partial charge is 0.481 e. The molecule has 1 aliphatic rings. The Morgan fingerprint density at radius 3 is 2.44 bits per heavy atom. The molecule has 0 aliphatic carbocycles. The first-order valence-corrected chi connectivity index (χ1v) is 8.75. The van der Waals surface area contributed by atoms with Crippen LogP contribution in [0.3, 0.4) is 0 Å². The summed E-state index contributed by atoms with van der Waals surface area (Å²) in [6.07, 6.45) is 1.22. The molecule has 1 aromatic rings. The zero-order valence-corrected chi connectivity index (χ0v) is 15.1. The molecule has 0 radical (unpaired) electrons. The minimum atomic E-state index is -0.885. The summed E-state index contributed by atoms with van der Waals surface area (Å²) >= 11 is 5.82. The van der Waals surface area contributed by atoms with Gasteiger partial charge in [-0.3, -0.25) is 14.4 Å². The Morgan fingerprint density at radius 2 is 1.88 bits per heavy atom. The highest BCUT2D eigenvalue weighted by Crippen LogP contribution is 2.19. The number of amides is 2. The lowest BCUT2D eigenvalue weighted by atomic mass is 9.95. The number of carboxylic acids is 1. The quantitative estimate of drug-likeness (QED) is 0.837. The summed E-state index contributed by atoms with van der Waals surface area (Å²) in [5.41, 5.74) is 0.421. The summed E-state index contributed by atoms with van der Waals surface area (Å²) < 4.78 is 0. The summed E-state index contributed by atoms with van der Waals surface area (Å²) in [6, 6.07) is 5.73. The number of hydrogen-bond donors (Lipinski definition) is 2. The highest BCUT2D eigenvalue weighted by molar-refractivity contribution is 6.30. The van der Waals surface area contributed by atoms with Crippen molar-refractivity contribution in [2.24, 2.45) is 11.8 Å². The number of carbonyl (C=O) groups excluding carboxylic acids is 2. The molecule has 1 saturated heterocycles. The van der Waals surface area contributed by atoms with Crippen LogP contribution in [0.15, 0.2) is 24.3 Å². The third-order valence-electron chi connectivity index (χ3n) is 4.41. The topological polar surface area (TPSA) is 86.7 Å². The Bertz CT molecular complexity index is 645. The number of likely N-dealkylation sites (tertiary alicyclic amines) is 1. The van der Waals surface area contributed by atoms with E-state index >= 15 is 0 Å². The molecule has 2 amide bonds. The van der Waals surface area contributed by atoms with E-state index < -0.39 is 17.9 Å². The van der Waals surface area contributed by atoms with Gasteiger partial charge >= 0.3 is 5.97 Å². The van der Waals surface area contributed by atoms with Crippen LogP contribution in [0.5, 0.6) is 0 Å². The SMILES string of the molecule is CC(C)C(NC(=O)c1ccc(Cl)cc1)C(=O)N1CCC[C@H](C(=O)O)C1. The average molecular weight is 367 g/mol. The molecule has 1 aromatic carbocycles. The van der Waals surface area contributed by atoms with Crippen LogP contribution in [-0.2, 0) is 9.59 Å². The van der Waals surface area contributed by atoms with Gasteiger partial charge in [0.2, 0.25) is 5.91 Å². The maximum atomic E-state index is 12.8. The number of aliphatic carboxylic acids is 1. The summed E-state index contributed by atoms with van der Waals surface area (Å²) in [5, 5.41) is 12.5. The summed E-state index contributed by atoms with van der Waals surface area (Å²) in [4.78, 5) is 38.0. The minimum absolute atomic E-state index is 0.117. The molecule has 6 nitrogen and oxygen atoms in total. The lowest BCUT2D eigenvalue weighted by Gasteiger charge is -2.34. The molecule has 25 heavy (non-hydrogen) atoms. The lowest BCUT2D eigenvalue weighted by Crippen LogP contribution is -2.54. The van der Waals surface area contributed by atoms with Crippen molar-refractivity contribution in [2.75, 3.05) is 13.1 Å². The van der Waals surface area contributed by atoms with Crippen molar-refractivity contribution in [1.82, 2.24) is 10.2 Å². The van der Waals surface area contributed by atoms with Crippen molar-refractivity contribution >= 4 is 29.4 Å². The van der Waals surface area contributed by atoms with Crippen molar-refractivity contribution in [2.45, 2.75) is 32.7 Å². The minimum Gasteiger partial charge on any atom is -0.481 e. The first-order chi connectivity index (χ1) is 11.8. The number of rotatable bonds is 5. The number of piperidine rings is 1. The lowest BCUT2D eigenvalue weighted by molar-refractivity contribution is -0.146. The third-order valence-corrected chi connectivity index (χ3v) is 4.66. The standard InChI is InChI=1S/C18H23ClN2O4/c1-11(2)15(20-16(22)12-5-7-14(19)8-6-12)17(23)21-9-3-4-13(10-21)18(24)25/h5-8,11,13,15H,3-4,9-10H2,1-2H3,(H,20,22)(H,24,25)/t13-,15?/m0/s1. The van der Waals surface area contributed by atoms with Gasteiger partial charge in [-0.1, -0.05) is 25.4 Å². The second-order valence-corrected chi connectivity index (χ2v) is 7.10. The van der Waals surface area contributed by atoms with Gasteiger partial charge in [-0.05, 0) is 43.0 Å². The van der Waals surface area contributed by atoms with Gasteiger partial charge in [0, 0.05) is 23.7 Å². The monoisotopic (exact) mass is 366 g/mol. The van der Waals surface area contributed by atoms with E-state index in [0.29, 0.717) is 30.0 Å². The van der Waals surface area contributed by atoms with Crippen molar-refractivity contribution in [1.29, 1.82) is 0 Å². The van der Waals surface area contributed by atoms with Crippen LogP contribution in [0.25, 0.3) is 0 Å². The van der Waals surface area contributed by atoms with Crippen LogP contribution in [0, 0.1) is 11.8 Å². The van der Waals surface area contributed by atoms with E-state index in [1.165, 1.54) is 0 Å². The van der Waals surface area contributed by atoms with Crippen molar-refractivity contribution in [3.05, 3.63) is 34.9 Å². The molecule has 7 heteroatoms. The van der Waals surface area contributed by atoms with Crippen LogP contribution < -0.4 is 5.32 Å². The first kappa shape index (κ1) is 19.2. The Kier molecular flexibility index (Phi) is 6.42. The summed E-state index contributed by atoms with van der Waals surface area (Å²) in [5.74, 6) is -2.13. The van der Waals surface area contributed by atoms with Gasteiger partial charge in [0.25, 0.3) is 5.91 Å². The van der Waals surface area contributed by atoms with Crippen molar-refractivity contribution in [3.63, 3.8) is 0 Å². The number of halogens is 1. The second-order valence-electron chi connectivity index (χ2n) is 6.66. The van der Waals surface area contributed by atoms with Crippen LogP contribution in [-0.4, -0.2) is 46.9 Å². The van der Waals surface area contributed by atoms with Crippen molar-refractivity contribution < 1.29 is 19.5 Å². The summed E-state index contributed by atoms with van der Waals surface area (Å²) in [7, 11) is 0. The maximum absolute atomic E-state index is 12.8. The van der Waals surface area contributed by atoms with Crippen LogP contribution in [0.2, 0.25) is 5.02 Å². The molecule has 1 heterocycles. The van der Waals surface area contributed by atoms with Gasteiger partial charge in [-0.2, -0.15) is 0 Å². The van der Waals surface area contributed by atoms with E-state index in [4.69, 9.17) is 11.6 Å². The predicted octanol–water partition coefficient (Wildman–Crippen LogP) is 2.42. The molecule has 0 aromatic heterocycles. The molecule has 136 valence electrons. The Morgan fingerprint density at radius 1 is 1.24 bits per heavy atom. The van der Waals surface area contributed by atoms with Gasteiger partial charge in [0.05, 0.1) is 5.92 Å². The van der Waals surface area contributed by atoms with E-state index in [1.807, 2.05) is 13.8 Å². The molecular formula is C18H23ClN2O4. The number of carboxylic acid groups (broad SMARTS) is 1. The van der Waals surface area contributed by atoms with E-state index in [1.54, 1.807) is 29.2 Å². The zero-order valence-electron chi connectivity index (χ0n) is 14.4. The fourth-order valence-corrected chi connectivity index (χ4v) is 3.04. The number of carbonyl (C=O) groups is 3. The fourth-order valence-electron chi connectivity index (χ4n) is 2.91. The zero-order chi connectivity index (χ0) is 18.6. The van der Waals surface area contributed by atoms with Gasteiger partial charge in [-0.25, -0.2) is 0 Å². The smallest absolute Gasteiger partial charge is 0.308 e. The molecule has 0 saturated carbocycles. The van der Waals surface area contributed by atoms with Gasteiger partial charge in [0.1, 0.15) is 6.04 Å². The fraction of sp³-hybridized carbons (Fsp3) is 0.500. The number of hydrogen-bond acceptors (Lipinski definition) is 3. The molecule has 0 bridgehead atoms. The second kappa shape index (κ2) is 8.34. The van der Waals surface area contributed by atoms with Gasteiger partial charge in [-0.15, -0.1) is 0 Å². The number of nitrogens with one attached hydrogen (secondary N) is 1. The van der Waals surface area contributed by atoms with Crippen LogP contribution in [0.1, 0.15) is 37.0 Å². The first-order valence-electron chi connectivity index (χ1n) is 8.37. The number of nitrogens with zero attached hydrogens (tertiary/aromatic N) is 1. The molecule has 2 N–H and O–H groups in total. The molecule has 2 atom stereocenters. The van der Waals surface area contributed by atoms with Crippen molar-refractivity contribution in [3.8, 4) is 0 Å². The van der Waals surface area contributed by atoms with E-state index in [9.17, 15) is 19.5 Å². The normalized spacial score (nSPS) is 18.7. The van der Waals surface area contributed by atoms with E-state index in [0.717, 1.165) is 0 Å². The molecule has 2 rings (SSSR count). The molecule has 1 aliphatic heterocycles. The van der Waals surface area contributed by atoms with Crippen LogP contribution >= 0.6 is 11.6 Å². The summed E-state index contributed by atoms with van der Waals surface area (Å²) in [6.45, 7) is 4.41.